The Labute approximate surface area is 134 Å². The average molecular weight is 306 g/mol. The SMILES string of the molecule is CC(=O)c1ccc(C(C)(C)OOC(C)(C)CC(C)(C)C)cc1. The third kappa shape index (κ3) is 5.90. The summed E-state index contributed by atoms with van der Waals surface area (Å²) in [7, 11) is 0. The predicted molar refractivity (Wildman–Crippen MR) is 89.8 cm³/mol. The molecule has 0 aliphatic rings. The Morgan fingerprint density at radius 1 is 0.909 bits per heavy atom. The van der Waals surface area contributed by atoms with Gasteiger partial charge in [-0.05, 0) is 52.0 Å². The monoisotopic (exact) mass is 306 g/mol. The molecule has 0 bridgehead atoms. The Kier molecular flexibility index (Phi) is 5.58. The van der Waals surface area contributed by atoms with E-state index in [9.17, 15) is 4.79 Å². The molecule has 0 atom stereocenters. The smallest absolute Gasteiger partial charge is 0.159 e. The Morgan fingerprint density at radius 2 is 1.41 bits per heavy atom. The molecule has 0 N–H and O–H groups in total. The molecule has 1 aromatic rings. The number of Topliss-reactive ketones (excluding diaryl/α,β-unsaturated/α-hetero) is 1. The zero-order valence-electron chi connectivity index (χ0n) is 15.2. The average Bonchev–Trinajstić information content (AvgIpc) is 2.34. The molecule has 0 aliphatic carbocycles. The molecular weight excluding hydrogens is 276 g/mol. The van der Waals surface area contributed by atoms with Gasteiger partial charge in [-0.2, -0.15) is 0 Å². The van der Waals surface area contributed by atoms with Crippen molar-refractivity contribution in [2.75, 3.05) is 0 Å². The summed E-state index contributed by atoms with van der Waals surface area (Å²) >= 11 is 0. The van der Waals surface area contributed by atoms with Crippen LogP contribution in [0.4, 0.5) is 0 Å². The van der Waals surface area contributed by atoms with Crippen molar-refractivity contribution in [2.24, 2.45) is 5.41 Å². The molecular formula is C19H30O3. The molecule has 1 rings (SSSR count). The van der Waals surface area contributed by atoms with E-state index >= 15 is 0 Å². The highest BCUT2D eigenvalue weighted by atomic mass is 17.2. The van der Waals surface area contributed by atoms with Gasteiger partial charge in [-0.1, -0.05) is 45.0 Å². The molecule has 0 aromatic heterocycles. The fourth-order valence-electron chi connectivity index (χ4n) is 2.68. The molecule has 124 valence electrons. The lowest BCUT2D eigenvalue weighted by Crippen LogP contribution is -2.34. The summed E-state index contributed by atoms with van der Waals surface area (Å²) in [5.74, 6) is 0.0628. The summed E-state index contributed by atoms with van der Waals surface area (Å²) < 4.78 is 0. The van der Waals surface area contributed by atoms with Crippen LogP contribution in [0, 0.1) is 5.41 Å². The molecule has 0 saturated carbocycles. The van der Waals surface area contributed by atoms with Crippen LogP contribution in [0.25, 0.3) is 0 Å². The zero-order chi connectivity index (χ0) is 17.2. The molecule has 0 fully saturated rings. The first-order chi connectivity index (χ1) is 9.82. The Morgan fingerprint density at radius 3 is 1.82 bits per heavy atom. The molecule has 0 spiro atoms. The molecule has 0 heterocycles. The maximum Gasteiger partial charge on any atom is 0.159 e. The van der Waals surface area contributed by atoms with Crippen molar-refractivity contribution in [3.8, 4) is 0 Å². The topological polar surface area (TPSA) is 35.5 Å². The molecule has 1 aromatic carbocycles. The largest absolute Gasteiger partial charge is 0.295 e. The van der Waals surface area contributed by atoms with E-state index in [4.69, 9.17) is 9.78 Å². The van der Waals surface area contributed by atoms with Crippen LogP contribution in [-0.4, -0.2) is 11.4 Å². The van der Waals surface area contributed by atoms with Crippen LogP contribution in [0.1, 0.15) is 77.7 Å². The third-order valence-corrected chi connectivity index (χ3v) is 3.42. The molecule has 0 unspecified atom stereocenters. The first kappa shape index (κ1) is 18.9. The van der Waals surface area contributed by atoms with Gasteiger partial charge in [0.15, 0.2) is 5.78 Å². The van der Waals surface area contributed by atoms with E-state index in [0.29, 0.717) is 5.56 Å². The second kappa shape index (κ2) is 6.51. The van der Waals surface area contributed by atoms with Crippen molar-refractivity contribution in [3.05, 3.63) is 35.4 Å². The van der Waals surface area contributed by atoms with Gasteiger partial charge in [-0.25, -0.2) is 9.78 Å². The van der Waals surface area contributed by atoms with Crippen LogP contribution >= 0.6 is 0 Å². The van der Waals surface area contributed by atoms with Gasteiger partial charge >= 0.3 is 0 Å². The quantitative estimate of drug-likeness (QED) is 0.407. The Hall–Kier alpha value is -1.19. The maximum atomic E-state index is 11.3. The first-order valence-corrected chi connectivity index (χ1v) is 7.81. The van der Waals surface area contributed by atoms with E-state index in [1.165, 1.54) is 0 Å². The van der Waals surface area contributed by atoms with Gasteiger partial charge in [0.2, 0.25) is 0 Å². The van der Waals surface area contributed by atoms with Gasteiger partial charge < -0.3 is 0 Å². The fraction of sp³-hybridized carbons (Fsp3) is 0.632. The van der Waals surface area contributed by atoms with Crippen molar-refractivity contribution in [1.29, 1.82) is 0 Å². The number of benzene rings is 1. The lowest BCUT2D eigenvalue weighted by Gasteiger charge is -2.34. The molecule has 3 nitrogen and oxygen atoms in total. The van der Waals surface area contributed by atoms with E-state index in [1.807, 2.05) is 52.0 Å². The number of rotatable bonds is 6. The van der Waals surface area contributed by atoms with Gasteiger partial charge in [0.1, 0.15) is 5.60 Å². The molecule has 3 heteroatoms. The van der Waals surface area contributed by atoms with Crippen LogP contribution in [0.5, 0.6) is 0 Å². The van der Waals surface area contributed by atoms with Gasteiger partial charge in [0.25, 0.3) is 0 Å². The second-order valence-corrected chi connectivity index (χ2v) is 8.31. The van der Waals surface area contributed by atoms with Crippen LogP contribution in [-0.2, 0) is 15.4 Å². The molecule has 0 aliphatic heterocycles. The fourth-order valence-corrected chi connectivity index (χ4v) is 2.68. The van der Waals surface area contributed by atoms with Crippen LogP contribution in [0.15, 0.2) is 24.3 Å². The van der Waals surface area contributed by atoms with E-state index in [2.05, 4.69) is 20.8 Å². The van der Waals surface area contributed by atoms with E-state index < -0.39 is 5.60 Å². The minimum absolute atomic E-state index is 0.0628. The van der Waals surface area contributed by atoms with Gasteiger partial charge in [-0.15, -0.1) is 0 Å². The summed E-state index contributed by atoms with van der Waals surface area (Å²) in [5.41, 5.74) is 0.900. The second-order valence-electron chi connectivity index (χ2n) is 8.31. The highest BCUT2D eigenvalue weighted by molar-refractivity contribution is 5.94. The van der Waals surface area contributed by atoms with Crippen LogP contribution in [0.2, 0.25) is 0 Å². The number of carbonyl (C=O) groups excluding carboxylic acids is 1. The summed E-state index contributed by atoms with van der Waals surface area (Å²) in [5, 5.41) is 0. The molecule has 0 amide bonds. The number of hydrogen-bond donors (Lipinski definition) is 0. The molecule has 22 heavy (non-hydrogen) atoms. The minimum Gasteiger partial charge on any atom is -0.295 e. The predicted octanol–water partition coefficient (Wildman–Crippen LogP) is 5.29. The van der Waals surface area contributed by atoms with Crippen molar-refractivity contribution < 1.29 is 14.6 Å². The maximum absolute atomic E-state index is 11.3. The summed E-state index contributed by atoms with van der Waals surface area (Å²) in [6, 6.07) is 7.47. The Bertz CT molecular complexity index is 504. The standard InChI is InChI=1S/C19H30O3/c1-14(20)15-9-11-16(12-10-15)19(7,8)22-21-18(5,6)13-17(2,3)4/h9-12H,13H2,1-8H3. The highest BCUT2D eigenvalue weighted by Crippen LogP contribution is 2.33. The molecule has 0 radical (unpaired) electrons. The van der Waals surface area contributed by atoms with Crippen molar-refractivity contribution in [1.82, 2.24) is 0 Å². The lowest BCUT2D eigenvalue weighted by atomic mass is 9.84. The van der Waals surface area contributed by atoms with Crippen LogP contribution in [0.3, 0.4) is 0 Å². The summed E-state index contributed by atoms with van der Waals surface area (Å²) in [6.07, 6.45) is 0.888. The van der Waals surface area contributed by atoms with E-state index in [0.717, 1.165) is 12.0 Å². The molecule has 0 saturated heterocycles. The summed E-state index contributed by atoms with van der Waals surface area (Å²) in [4.78, 5) is 22.8. The highest BCUT2D eigenvalue weighted by Gasteiger charge is 2.31. The first-order valence-electron chi connectivity index (χ1n) is 7.81. The van der Waals surface area contributed by atoms with Gasteiger partial charge in [0.05, 0.1) is 5.60 Å². The third-order valence-electron chi connectivity index (χ3n) is 3.42. The van der Waals surface area contributed by atoms with Crippen molar-refractivity contribution in [3.63, 3.8) is 0 Å². The number of ketones is 1. The normalized spacial score (nSPS) is 13.3. The van der Waals surface area contributed by atoms with Gasteiger partial charge in [-0.3, -0.25) is 4.79 Å². The van der Waals surface area contributed by atoms with E-state index in [1.54, 1.807) is 6.92 Å². The Balaban J connectivity index is 2.76. The lowest BCUT2D eigenvalue weighted by molar-refractivity contribution is -0.408. The number of carbonyl (C=O) groups is 1. The number of hydrogen-bond acceptors (Lipinski definition) is 3. The van der Waals surface area contributed by atoms with Crippen molar-refractivity contribution >= 4 is 5.78 Å². The van der Waals surface area contributed by atoms with Crippen molar-refractivity contribution in [2.45, 2.75) is 73.0 Å². The van der Waals surface area contributed by atoms with Crippen LogP contribution < -0.4 is 0 Å². The minimum atomic E-state index is -0.579. The zero-order valence-corrected chi connectivity index (χ0v) is 15.2. The van der Waals surface area contributed by atoms with E-state index in [-0.39, 0.29) is 16.8 Å². The van der Waals surface area contributed by atoms with Gasteiger partial charge in [0, 0.05) is 5.56 Å². The summed E-state index contributed by atoms with van der Waals surface area (Å²) in [6.45, 7) is 16.1.